The maximum atomic E-state index is 10.5. The molecule has 1 nitrogen and oxygen atoms in total. The summed E-state index contributed by atoms with van der Waals surface area (Å²) in [5.41, 5.74) is 3.09. The molecule has 1 aromatic rings. The van der Waals surface area contributed by atoms with Gasteiger partial charge in [0, 0.05) is 17.0 Å². The smallest absolute Gasteiger partial charge is 0.126 e. The van der Waals surface area contributed by atoms with Crippen LogP contribution in [0.2, 0.25) is 0 Å². The van der Waals surface area contributed by atoms with Gasteiger partial charge in [-0.15, -0.1) is 11.6 Å². The normalized spacial score (nSPS) is 13.2. The summed E-state index contributed by atoms with van der Waals surface area (Å²) < 4.78 is 0. The Morgan fingerprint density at radius 1 is 1.05 bits per heavy atom. The lowest BCUT2D eigenvalue weighted by molar-refractivity contribution is 0.443. The van der Waals surface area contributed by atoms with E-state index in [2.05, 4.69) is 53.7 Å². The second-order valence-corrected chi connectivity index (χ2v) is 7.72. The summed E-state index contributed by atoms with van der Waals surface area (Å²) in [6.45, 7) is 13.0. The van der Waals surface area contributed by atoms with E-state index in [0.29, 0.717) is 11.6 Å². The number of alkyl halides is 1. The van der Waals surface area contributed by atoms with Crippen molar-refractivity contribution in [1.29, 1.82) is 0 Å². The molecule has 0 bridgehead atoms. The van der Waals surface area contributed by atoms with Crippen LogP contribution in [-0.4, -0.2) is 11.0 Å². The second-order valence-electron chi connectivity index (χ2n) is 7.34. The van der Waals surface area contributed by atoms with Gasteiger partial charge in [-0.3, -0.25) is 0 Å². The monoisotopic (exact) mass is 294 g/mol. The van der Waals surface area contributed by atoms with E-state index < -0.39 is 0 Å². The summed E-state index contributed by atoms with van der Waals surface area (Å²) in [6, 6.07) is 4.21. The topological polar surface area (TPSA) is 20.2 Å². The molecule has 1 N–H and O–H groups in total. The Balaban J connectivity index is 3.43. The molecule has 0 fully saturated rings. The molecule has 0 aliphatic rings. The Bertz CT molecular complexity index is 487. The molecule has 0 atom stereocenters. The number of halogens is 1. The highest BCUT2D eigenvalue weighted by Crippen LogP contribution is 2.38. The summed E-state index contributed by atoms with van der Waals surface area (Å²) in [6.07, 6.45) is 4.80. The molecular formula is C18H27ClO. The first-order chi connectivity index (χ1) is 9.07. The summed E-state index contributed by atoms with van der Waals surface area (Å²) in [5, 5.41) is 10.5. The molecular weight excluding hydrogens is 268 g/mol. The van der Waals surface area contributed by atoms with Crippen molar-refractivity contribution in [3.8, 4) is 5.75 Å². The zero-order chi connectivity index (χ0) is 15.6. The summed E-state index contributed by atoms with van der Waals surface area (Å²) in [5.74, 6) is 0.985. The van der Waals surface area contributed by atoms with Crippen LogP contribution in [-0.2, 0) is 10.8 Å². The Morgan fingerprint density at radius 3 is 2.10 bits per heavy atom. The van der Waals surface area contributed by atoms with Crippen LogP contribution in [0.5, 0.6) is 5.75 Å². The van der Waals surface area contributed by atoms with E-state index in [-0.39, 0.29) is 10.8 Å². The van der Waals surface area contributed by atoms with Crippen molar-refractivity contribution in [3.63, 3.8) is 0 Å². The first-order valence-electron chi connectivity index (χ1n) is 7.18. The molecule has 20 heavy (non-hydrogen) atoms. The molecule has 1 aromatic carbocycles. The molecule has 2 heteroatoms. The van der Waals surface area contributed by atoms with Crippen LogP contribution in [0.15, 0.2) is 18.2 Å². The number of hydrogen-bond donors (Lipinski definition) is 1. The van der Waals surface area contributed by atoms with Crippen LogP contribution in [0.3, 0.4) is 0 Å². The van der Waals surface area contributed by atoms with Crippen molar-refractivity contribution >= 4 is 17.7 Å². The lowest BCUT2D eigenvalue weighted by Gasteiger charge is -2.27. The SMILES string of the molecule is CC(C)(C)c1cc(C=CCCCl)c(O)c(C(C)(C)C)c1. The second kappa shape index (κ2) is 6.22. The van der Waals surface area contributed by atoms with Gasteiger partial charge in [0.2, 0.25) is 0 Å². The molecule has 0 aliphatic carbocycles. The number of rotatable bonds is 3. The van der Waals surface area contributed by atoms with E-state index >= 15 is 0 Å². The van der Waals surface area contributed by atoms with Gasteiger partial charge in [-0.2, -0.15) is 0 Å². The minimum absolute atomic E-state index is 0.0583. The summed E-state index contributed by atoms with van der Waals surface area (Å²) in [4.78, 5) is 0. The molecule has 0 saturated carbocycles. The first kappa shape index (κ1) is 17.1. The van der Waals surface area contributed by atoms with Gasteiger partial charge >= 0.3 is 0 Å². The largest absolute Gasteiger partial charge is 0.507 e. The van der Waals surface area contributed by atoms with Crippen molar-refractivity contribution in [2.24, 2.45) is 0 Å². The molecule has 1 rings (SSSR count). The fourth-order valence-corrected chi connectivity index (χ4v) is 2.19. The minimum atomic E-state index is -0.0829. The molecule has 0 spiro atoms. The molecule has 0 radical (unpaired) electrons. The fraction of sp³-hybridized carbons (Fsp3) is 0.556. The van der Waals surface area contributed by atoms with Gasteiger partial charge in [-0.05, 0) is 28.9 Å². The lowest BCUT2D eigenvalue weighted by atomic mass is 9.79. The van der Waals surface area contributed by atoms with Crippen LogP contribution in [0.1, 0.15) is 64.7 Å². The zero-order valence-electron chi connectivity index (χ0n) is 13.5. The van der Waals surface area contributed by atoms with Crippen LogP contribution in [0.4, 0.5) is 0 Å². The molecule has 112 valence electrons. The van der Waals surface area contributed by atoms with Gasteiger partial charge in [0.05, 0.1) is 0 Å². The standard InChI is InChI=1S/C18H27ClO/c1-17(2,3)14-11-13(9-7-8-10-19)16(20)15(12-14)18(4,5)6/h7,9,11-12,20H,8,10H2,1-6H3. The quantitative estimate of drug-likeness (QED) is 0.716. The van der Waals surface area contributed by atoms with Gasteiger partial charge in [0.1, 0.15) is 5.75 Å². The molecule has 0 aliphatic heterocycles. The Labute approximate surface area is 128 Å². The van der Waals surface area contributed by atoms with E-state index in [4.69, 9.17) is 11.6 Å². The highest BCUT2D eigenvalue weighted by molar-refractivity contribution is 6.17. The van der Waals surface area contributed by atoms with Crippen LogP contribution in [0, 0.1) is 0 Å². The molecule has 0 heterocycles. The van der Waals surface area contributed by atoms with Gasteiger partial charge in [0.15, 0.2) is 0 Å². The van der Waals surface area contributed by atoms with Crippen molar-refractivity contribution in [2.75, 3.05) is 5.88 Å². The van der Waals surface area contributed by atoms with Crippen molar-refractivity contribution in [2.45, 2.75) is 58.8 Å². The number of benzene rings is 1. The molecule has 0 unspecified atom stereocenters. The molecule has 0 amide bonds. The van der Waals surface area contributed by atoms with Crippen LogP contribution < -0.4 is 0 Å². The van der Waals surface area contributed by atoms with E-state index in [1.807, 2.05) is 12.2 Å². The molecule has 0 aromatic heterocycles. The third kappa shape index (κ3) is 4.28. The van der Waals surface area contributed by atoms with Crippen LogP contribution in [0.25, 0.3) is 6.08 Å². The zero-order valence-corrected chi connectivity index (χ0v) is 14.3. The highest BCUT2D eigenvalue weighted by atomic mass is 35.5. The van der Waals surface area contributed by atoms with Crippen LogP contribution >= 0.6 is 11.6 Å². The van der Waals surface area contributed by atoms with E-state index in [9.17, 15) is 5.11 Å². The number of phenolic OH excluding ortho intramolecular Hbond substituents is 1. The lowest BCUT2D eigenvalue weighted by Crippen LogP contribution is -2.17. The minimum Gasteiger partial charge on any atom is -0.507 e. The Hall–Kier alpha value is -0.950. The predicted molar refractivity (Wildman–Crippen MR) is 89.9 cm³/mol. The number of phenols is 1. The number of allylic oxidation sites excluding steroid dienone is 1. The Kier molecular flexibility index (Phi) is 5.32. The third-order valence-corrected chi connectivity index (χ3v) is 3.60. The average Bonchev–Trinajstić information content (AvgIpc) is 2.28. The number of aromatic hydroxyl groups is 1. The van der Waals surface area contributed by atoms with Gasteiger partial charge in [0.25, 0.3) is 0 Å². The van der Waals surface area contributed by atoms with Gasteiger partial charge in [-0.1, -0.05) is 59.8 Å². The van der Waals surface area contributed by atoms with E-state index in [1.165, 1.54) is 5.56 Å². The van der Waals surface area contributed by atoms with E-state index in [0.717, 1.165) is 17.5 Å². The average molecular weight is 295 g/mol. The molecule has 0 saturated heterocycles. The van der Waals surface area contributed by atoms with Crippen molar-refractivity contribution in [1.82, 2.24) is 0 Å². The van der Waals surface area contributed by atoms with Gasteiger partial charge in [-0.25, -0.2) is 0 Å². The maximum Gasteiger partial charge on any atom is 0.126 e. The first-order valence-corrected chi connectivity index (χ1v) is 7.71. The van der Waals surface area contributed by atoms with Crippen molar-refractivity contribution < 1.29 is 5.11 Å². The highest BCUT2D eigenvalue weighted by Gasteiger charge is 2.24. The third-order valence-electron chi connectivity index (χ3n) is 3.39. The number of hydrogen-bond acceptors (Lipinski definition) is 1. The van der Waals surface area contributed by atoms with E-state index in [1.54, 1.807) is 0 Å². The predicted octanol–water partition coefficient (Wildman–Crippen LogP) is 5.63. The summed E-state index contributed by atoms with van der Waals surface area (Å²) >= 11 is 5.70. The van der Waals surface area contributed by atoms with Crippen molar-refractivity contribution in [3.05, 3.63) is 34.9 Å². The van der Waals surface area contributed by atoms with Gasteiger partial charge < -0.3 is 5.11 Å². The fourth-order valence-electron chi connectivity index (χ4n) is 2.06. The Morgan fingerprint density at radius 2 is 1.65 bits per heavy atom. The summed E-state index contributed by atoms with van der Waals surface area (Å²) in [7, 11) is 0. The maximum absolute atomic E-state index is 10.5.